The number of hydrogen-bond donors (Lipinski definition) is 0. The fourth-order valence-corrected chi connectivity index (χ4v) is 4.35. The Balaban J connectivity index is 0.000000303. The Labute approximate surface area is 202 Å². The van der Waals surface area contributed by atoms with Crippen LogP contribution >= 0.6 is 58.1 Å². The molecule has 1 heterocycles. The lowest BCUT2D eigenvalue weighted by atomic mass is 10.1. The minimum absolute atomic E-state index is 0.148. The number of benzene rings is 1. The van der Waals surface area contributed by atoms with Gasteiger partial charge in [0.15, 0.2) is 0 Å². The second kappa shape index (κ2) is 14.2. The summed E-state index contributed by atoms with van der Waals surface area (Å²) >= 11 is 24.4. The molecular formula is C20H27Cl4N3O2S. The minimum atomic E-state index is -0.334. The molecule has 0 fully saturated rings. The Morgan fingerprint density at radius 3 is 2.17 bits per heavy atom. The van der Waals surface area contributed by atoms with E-state index in [9.17, 15) is 9.59 Å². The van der Waals surface area contributed by atoms with Crippen molar-refractivity contribution in [2.45, 2.75) is 52.0 Å². The molecule has 168 valence electrons. The van der Waals surface area contributed by atoms with Crippen LogP contribution in [0.3, 0.4) is 0 Å². The molecule has 0 saturated carbocycles. The number of hydrogen-bond acceptors (Lipinski definition) is 3. The lowest BCUT2D eigenvalue weighted by Gasteiger charge is -2.19. The zero-order valence-corrected chi connectivity index (χ0v) is 21.2. The van der Waals surface area contributed by atoms with Crippen molar-refractivity contribution in [3.63, 3.8) is 0 Å². The van der Waals surface area contributed by atoms with Crippen LogP contribution in [0.15, 0.2) is 29.1 Å². The van der Waals surface area contributed by atoms with Crippen molar-refractivity contribution in [1.29, 1.82) is 0 Å². The molecule has 0 aliphatic carbocycles. The number of carbonyl (C=O) groups excluding carboxylic acids is 1. The number of nitrogens with zero attached hydrogens (tertiary/aromatic N) is 3. The first-order chi connectivity index (χ1) is 14.2. The van der Waals surface area contributed by atoms with E-state index in [0.29, 0.717) is 15.0 Å². The summed E-state index contributed by atoms with van der Waals surface area (Å²) in [6, 6.07) is 6.56. The number of urea groups is 1. The van der Waals surface area contributed by atoms with Gasteiger partial charge in [0.1, 0.15) is 9.36 Å². The van der Waals surface area contributed by atoms with Crippen LogP contribution in [0.5, 0.6) is 0 Å². The third-order valence-corrected chi connectivity index (χ3v) is 6.64. The molecule has 0 atom stereocenters. The van der Waals surface area contributed by atoms with Gasteiger partial charge in [-0.15, -0.1) is 0 Å². The van der Waals surface area contributed by atoms with Gasteiger partial charge in [0.2, 0.25) is 0 Å². The van der Waals surface area contributed by atoms with E-state index in [0.717, 1.165) is 17.4 Å². The smallest absolute Gasteiger partial charge is 0.329 e. The van der Waals surface area contributed by atoms with E-state index in [4.69, 9.17) is 46.6 Å². The van der Waals surface area contributed by atoms with Crippen molar-refractivity contribution in [1.82, 2.24) is 8.86 Å². The van der Waals surface area contributed by atoms with Gasteiger partial charge in [0.05, 0.1) is 10.7 Å². The molecule has 1 aromatic carbocycles. The second-order valence-electron chi connectivity index (χ2n) is 6.76. The molecule has 30 heavy (non-hydrogen) atoms. The van der Waals surface area contributed by atoms with E-state index in [1.54, 1.807) is 42.3 Å². The number of unbranched alkanes of at least 4 members (excludes halogenated alkanes) is 5. The number of anilines is 1. The molecule has 0 aliphatic heterocycles. The summed E-state index contributed by atoms with van der Waals surface area (Å²) in [7, 11) is 3.24. The van der Waals surface area contributed by atoms with E-state index in [2.05, 4.69) is 6.92 Å². The monoisotopic (exact) mass is 513 g/mol. The molecule has 1 aromatic heterocycles. The fraction of sp³-hybridized carbons (Fsp3) is 0.500. The van der Waals surface area contributed by atoms with Crippen LogP contribution in [-0.2, 0) is 6.54 Å². The van der Waals surface area contributed by atoms with Gasteiger partial charge in [-0.25, -0.2) is 9.21 Å². The first-order valence-electron chi connectivity index (χ1n) is 9.67. The number of aromatic nitrogens is 1. The highest BCUT2D eigenvalue weighted by Gasteiger charge is 2.17. The summed E-state index contributed by atoms with van der Waals surface area (Å²) in [5, 5.41) is 0.607. The van der Waals surface area contributed by atoms with Crippen LogP contribution < -0.4 is 9.98 Å². The fourth-order valence-electron chi connectivity index (χ4n) is 2.44. The van der Waals surface area contributed by atoms with E-state index in [-0.39, 0.29) is 16.6 Å². The third kappa shape index (κ3) is 8.67. The summed E-state index contributed by atoms with van der Waals surface area (Å²) < 4.78 is 3.03. The molecule has 0 saturated heterocycles. The van der Waals surface area contributed by atoms with E-state index >= 15 is 0 Å². The molecular weight excluding hydrogens is 488 g/mol. The SMILES string of the molecule is CCCCCCCCn1sc(Cl)c(Cl)c1=O.CN(C)C(=O)N(Cl)c1ccccc1Cl. The average molecular weight is 515 g/mol. The van der Waals surface area contributed by atoms with Crippen LogP contribution in [0.2, 0.25) is 14.4 Å². The summed E-state index contributed by atoms with van der Waals surface area (Å²) in [4.78, 5) is 24.3. The molecule has 2 rings (SSSR count). The van der Waals surface area contributed by atoms with Crippen LogP contribution in [-0.4, -0.2) is 29.0 Å². The van der Waals surface area contributed by atoms with Gasteiger partial charge in [-0.1, -0.05) is 86.0 Å². The molecule has 0 unspecified atom stereocenters. The molecule has 0 aliphatic rings. The van der Waals surface area contributed by atoms with Gasteiger partial charge in [0.25, 0.3) is 5.56 Å². The normalized spacial score (nSPS) is 10.4. The van der Waals surface area contributed by atoms with Crippen molar-refractivity contribution < 1.29 is 4.79 Å². The van der Waals surface area contributed by atoms with Crippen molar-refractivity contribution in [2.24, 2.45) is 0 Å². The Bertz CT molecular complexity index is 855. The number of halogens is 4. The van der Waals surface area contributed by atoms with Crippen LogP contribution in [0.25, 0.3) is 0 Å². The molecule has 0 bridgehead atoms. The van der Waals surface area contributed by atoms with E-state index in [1.165, 1.54) is 48.5 Å². The van der Waals surface area contributed by atoms with Crippen molar-refractivity contribution in [2.75, 3.05) is 18.5 Å². The first kappa shape index (κ1) is 27.1. The first-order valence-corrected chi connectivity index (χ1v) is 11.9. The molecule has 5 nitrogen and oxygen atoms in total. The Morgan fingerprint density at radius 1 is 1.03 bits per heavy atom. The largest absolute Gasteiger partial charge is 0.338 e. The van der Waals surface area contributed by atoms with Gasteiger partial charge >= 0.3 is 6.03 Å². The minimum Gasteiger partial charge on any atom is -0.329 e. The zero-order chi connectivity index (χ0) is 22.7. The third-order valence-electron chi connectivity index (χ3n) is 4.11. The number of aryl methyl sites for hydroxylation is 1. The Kier molecular flexibility index (Phi) is 12.8. The van der Waals surface area contributed by atoms with Gasteiger partial charge < -0.3 is 4.90 Å². The zero-order valence-electron chi connectivity index (χ0n) is 17.3. The number of amides is 2. The molecule has 2 amide bonds. The highest BCUT2D eigenvalue weighted by molar-refractivity contribution is 7.11. The lowest BCUT2D eigenvalue weighted by Crippen LogP contribution is -2.32. The summed E-state index contributed by atoms with van der Waals surface area (Å²) in [6.45, 7) is 2.94. The number of para-hydroxylation sites is 1. The number of carbonyl (C=O) groups is 1. The predicted octanol–water partition coefficient (Wildman–Crippen LogP) is 7.56. The van der Waals surface area contributed by atoms with Crippen molar-refractivity contribution >= 4 is 69.8 Å². The highest BCUT2D eigenvalue weighted by Crippen LogP contribution is 2.27. The van der Waals surface area contributed by atoms with Crippen LogP contribution in [0, 0.1) is 0 Å². The Hall–Kier alpha value is -0.920. The predicted molar refractivity (Wildman–Crippen MR) is 131 cm³/mol. The summed E-state index contributed by atoms with van der Waals surface area (Å²) in [5.41, 5.74) is 0.333. The maximum absolute atomic E-state index is 11.5. The standard InChI is InChI=1S/C11H17Cl2NOS.C9H10Cl2N2O/c1-2-3-4-5-6-7-8-14-11(15)9(12)10(13)16-14;1-12(2)9(14)13(11)8-6-4-3-5-7(8)10/h2-8H2,1H3;3-6H,1-2H3. The molecule has 10 heteroatoms. The maximum Gasteiger partial charge on any atom is 0.338 e. The van der Waals surface area contributed by atoms with Crippen LogP contribution in [0.4, 0.5) is 10.5 Å². The maximum atomic E-state index is 11.5. The topological polar surface area (TPSA) is 45.6 Å². The molecule has 0 spiro atoms. The summed E-state index contributed by atoms with van der Waals surface area (Å²) in [5.74, 6) is 0. The summed E-state index contributed by atoms with van der Waals surface area (Å²) in [6.07, 6.45) is 7.29. The van der Waals surface area contributed by atoms with Gasteiger partial charge in [-0.2, -0.15) is 0 Å². The van der Waals surface area contributed by atoms with E-state index < -0.39 is 0 Å². The van der Waals surface area contributed by atoms with Gasteiger partial charge in [-0.05, 0) is 30.1 Å². The second-order valence-corrected chi connectivity index (χ2v) is 9.52. The molecule has 0 N–H and O–H groups in total. The van der Waals surface area contributed by atoms with Gasteiger partial charge in [0, 0.05) is 32.4 Å². The quantitative estimate of drug-likeness (QED) is 0.269. The Morgan fingerprint density at radius 2 is 1.63 bits per heavy atom. The average Bonchev–Trinajstić information content (AvgIpc) is 2.97. The molecule has 0 radical (unpaired) electrons. The van der Waals surface area contributed by atoms with E-state index in [1.807, 2.05) is 0 Å². The van der Waals surface area contributed by atoms with Crippen molar-refractivity contribution in [3.05, 3.63) is 49.0 Å². The number of rotatable bonds is 8. The van der Waals surface area contributed by atoms with Crippen molar-refractivity contribution in [3.8, 4) is 0 Å². The highest BCUT2D eigenvalue weighted by atomic mass is 35.5. The lowest BCUT2D eigenvalue weighted by molar-refractivity contribution is 0.227. The van der Waals surface area contributed by atoms with Crippen LogP contribution in [0.1, 0.15) is 45.4 Å². The van der Waals surface area contributed by atoms with Gasteiger partial charge in [-0.3, -0.25) is 8.75 Å². The molecule has 2 aromatic rings.